The Bertz CT molecular complexity index is 736. The summed E-state index contributed by atoms with van der Waals surface area (Å²) < 4.78 is 0. The molecule has 3 aliphatic rings. The number of hydrogen-bond donors (Lipinski definition) is 2. The highest BCUT2D eigenvalue weighted by Gasteiger charge is 2.45. The average Bonchev–Trinajstić information content (AvgIpc) is 2.96. The topological polar surface area (TPSA) is 39.3 Å². The van der Waals surface area contributed by atoms with E-state index in [2.05, 4.69) is 41.1 Å². The minimum atomic E-state index is -0.0893. The van der Waals surface area contributed by atoms with Gasteiger partial charge < -0.3 is 10.1 Å². The fourth-order valence-electron chi connectivity index (χ4n) is 5.62. The predicted octanol–water partition coefficient (Wildman–Crippen LogP) is 3.49. The lowest BCUT2D eigenvalue weighted by atomic mass is 9.65. The number of aliphatic hydroxyl groups is 1. The van der Waals surface area contributed by atoms with Gasteiger partial charge in [-0.15, -0.1) is 0 Å². The molecule has 3 heteroatoms. The van der Waals surface area contributed by atoms with Gasteiger partial charge in [-0.1, -0.05) is 25.1 Å². The molecule has 0 bridgehead atoms. The zero-order valence-electron chi connectivity index (χ0n) is 13.8. The number of aromatic amines is 1. The summed E-state index contributed by atoms with van der Waals surface area (Å²) in [6, 6.07) is 9.27. The van der Waals surface area contributed by atoms with Crippen molar-refractivity contribution in [2.24, 2.45) is 17.8 Å². The van der Waals surface area contributed by atoms with E-state index in [0.717, 1.165) is 12.3 Å². The number of piperidine rings is 1. The second-order valence-electron chi connectivity index (χ2n) is 7.99. The van der Waals surface area contributed by atoms with E-state index in [0.29, 0.717) is 17.9 Å². The van der Waals surface area contributed by atoms with Gasteiger partial charge in [0.2, 0.25) is 0 Å². The maximum absolute atomic E-state index is 10.3. The summed E-state index contributed by atoms with van der Waals surface area (Å²) in [5.74, 6) is 1.92. The second-order valence-corrected chi connectivity index (χ2v) is 7.99. The predicted molar refractivity (Wildman–Crippen MR) is 92.3 cm³/mol. The number of nitrogens with one attached hydrogen (secondary N) is 1. The third-order valence-corrected chi connectivity index (χ3v) is 6.96. The van der Waals surface area contributed by atoms with Crippen LogP contribution in [0.4, 0.5) is 0 Å². The van der Waals surface area contributed by atoms with Gasteiger partial charge in [-0.2, -0.15) is 0 Å². The number of aliphatic hydroxyl groups excluding tert-OH is 1. The summed E-state index contributed by atoms with van der Waals surface area (Å²) in [5, 5.41) is 11.7. The molecule has 5 rings (SSSR count). The molecule has 2 N–H and O–H groups in total. The Hall–Kier alpha value is -1.32. The molecule has 0 amide bonds. The van der Waals surface area contributed by atoms with E-state index >= 15 is 0 Å². The molecule has 3 heterocycles. The monoisotopic (exact) mass is 310 g/mol. The van der Waals surface area contributed by atoms with Crippen molar-refractivity contribution < 1.29 is 5.11 Å². The van der Waals surface area contributed by atoms with E-state index in [1.54, 1.807) is 5.56 Å². The zero-order chi connectivity index (χ0) is 15.6. The molecule has 2 fully saturated rings. The Labute approximate surface area is 137 Å². The number of fused-ring (bicyclic) bond motifs is 6. The third kappa shape index (κ3) is 2.03. The molecule has 2 aliphatic heterocycles. The van der Waals surface area contributed by atoms with Crippen molar-refractivity contribution in [2.75, 3.05) is 13.1 Å². The van der Waals surface area contributed by atoms with Crippen LogP contribution in [0.15, 0.2) is 24.3 Å². The Morgan fingerprint density at radius 3 is 3.00 bits per heavy atom. The first-order chi connectivity index (χ1) is 11.2. The molecule has 5 atom stereocenters. The van der Waals surface area contributed by atoms with Crippen LogP contribution in [-0.4, -0.2) is 34.2 Å². The molecule has 23 heavy (non-hydrogen) atoms. The number of rotatable bonds is 0. The van der Waals surface area contributed by atoms with Crippen LogP contribution in [0.1, 0.15) is 43.5 Å². The lowest BCUT2D eigenvalue weighted by Crippen LogP contribution is -2.50. The largest absolute Gasteiger partial charge is 0.393 e. The molecule has 0 unspecified atom stereocenters. The van der Waals surface area contributed by atoms with Crippen LogP contribution < -0.4 is 0 Å². The van der Waals surface area contributed by atoms with E-state index in [1.165, 1.54) is 48.9 Å². The Morgan fingerprint density at radius 2 is 2.09 bits per heavy atom. The van der Waals surface area contributed by atoms with E-state index in [9.17, 15) is 5.11 Å². The van der Waals surface area contributed by atoms with Gasteiger partial charge in [0.25, 0.3) is 0 Å². The van der Waals surface area contributed by atoms with Gasteiger partial charge in [0.05, 0.1) is 12.1 Å². The highest BCUT2D eigenvalue weighted by molar-refractivity contribution is 5.85. The smallest absolute Gasteiger partial charge is 0.0568 e. The first kappa shape index (κ1) is 14.1. The Morgan fingerprint density at radius 1 is 1.22 bits per heavy atom. The first-order valence-corrected chi connectivity index (χ1v) is 9.24. The van der Waals surface area contributed by atoms with Gasteiger partial charge in [0, 0.05) is 29.7 Å². The molecular formula is C20H26N2O. The summed E-state index contributed by atoms with van der Waals surface area (Å²) in [5.41, 5.74) is 4.30. The molecule has 1 aliphatic carbocycles. The molecule has 2 aromatic rings. The summed E-state index contributed by atoms with van der Waals surface area (Å²) in [6.45, 7) is 4.69. The number of para-hydroxylation sites is 1. The van der Waals surface area contributed by atoms with Gasteiger partial charge in [-0.05, 0) is 55.1 Å². The molecular weight excluding hydrogens is 284 g/mol. The van der Waals surface area contributed by atoms with E-state index < -0.39 is 0 Å². The van der Waals surface area contributed by atoms with Crippen LogP contribution >= 0.6 is 0 Å². The van der Waals surface area contributed by atoms with Gasteiger partial charge in [-0.25, -0.2) is 0 Å². The van der Waals surface area contributed by atoms with E-state index in [-0.39, 0.29) is 6.10 Å². The maximum Gasteiger partial charge on any atom is 0.0568 e. The Balaban J connectivity index is 1.54. The summed E-state index contributed by atoms with van der Waals surface area (Å²) in [4.78, 5) is 6.44. The molecule has 1 saturated heterocycles. The van der Waals surface area contributed by atoms with Crippen LogP contribution in [-0.2, 0) is 6.42 Å². The second kappa shape index (κ2) is 5.09. The van der Waals surface area contributed by atoms with Crippen molar-refractivity contribution in [3.05, 3.63) is 35.5 Å². The van der Waals surface area contributed by atoms with Crippen LogP contribution in [0.2, 0.25) is 0 Å². The molecule has 3 nitrogen and oxygen atoms in total. The lowest BCUT2D eigenvalue weighted by molar-refractivity contribution is -0.0492. The molecule has 1 saturated carbocycles. The van der Waals surface area contributed by atoms with Crippen molar-refractivity contribution in [1.29, 1.82) is 0 Å². The van der Waals surface area contributed by atoms with Crippen LogP contribution in [0, 0.1) is 17.8 Å². The quantitative estimate of drug-likeness (QED) is 0.782. The molecule has 0 radical (unpaired) electrons. The van der Waals surface area contributed by atoms with Gasteiger partial charge in [0.15, 0.2) is 0 Å². The average molecular weight is 310 g/mol. The fraction of sp³-hybridized carbons (Fsp3) is 0.600. The van der Waals surface area contributed by atoms with E-state index in [1.807, 2.05) is 0 Å². The maximum atomic E-state index is 10.3. The third-order valence-electron chi connectivity index (χ3n) is 6.96. The van der Waals surface area contributed by atoms with Crippen LogP contribution in [0.5, 0.6) is 0 Å². The fourth-order valence-corrected chi connectivity index (χ4v) is 5.62. The van der Waals surface area contributed by atoms with Crippen molar-refractivity contribution in [3.63, 3.8) is 0 Å². The summed E-state index contributed by atoms with van der Waals surface area (Å²) in [7, 11) is 0. The minimum Gasteiger partial charge on any atom is -0.393 e. The summed E-state index contributed by atoms with van der Waals surface area (Å²) >= 11 is 0. The number of H-pyrrole nitrogens is 1. The van der Waals surface area contributed by atoms with Crippen molar-refractivity contribution in [2.45, 2.75) is 44.8 Å². The van der Waals surface area contributed by atoms with Crippen molar-refractivity contribution >= 4 is 10.9 Å². The molecule has 1 aromatic carbocycles. The number of hydrogen-bond acceptors (Lipinski definition) is 2. The van der Waals surface area contributed by atoms with Crippen molar-refractivity contribution in [1.82, 2.24) is 9.88 Å². The van der Waals surface area contributed by atoms with Gasteiger partial charge in [0.1, 0.15) is 0 Å². The summed E-state index contributed by atoms with van der Waals surface area (Å²) in [6.07, 6.45) is 4.50. The van der Waals surface area contributed by atoms with Gasteiger partial charge in [-0.3, -0.25) is 4.90 Å². The SMILES string of the molecule is C[C@@H]1[C@H]2C[C@H]3c4[nH]c5ccccc5c4CCN3C[C@@H]2CC[C@@H]1O. The van der Waals surface area contributed by atoms with Gasteiger partial charge >= 0.3 is 0 Å². The standard InChI is InChI=1S/C20H26N2O/c1-12-16-10-18-20-15(14-4-2-3-5-17(14)21-20)8-9-22(18)11-13(16)6-7-19(12)23/h2-5,12-13,16,18-19,21,23H,6-11H2,1H3/t12-,13+,16-,18+,19+/m1/s1. The zero-order valence-corrected chi connectivity index (χ0v) is 13.8. The Kier molecular flexibility index (Phi) is 3.11. The minimum absolute atomic E-state index is 0.0893. The van der Waals surface area contributed by atoms with Crippen LogP contribution in [0.25, 0.3) is 10.9 Å². The highest BCUT2D eigenvalue weighted by Crippen LogP contribution is 2.48. The first-order valence-electron chi connectivity index (χ1n) is 9.24. The van der Waals surface area contributed by atoms with Crippen molar-refractivity contribution in [3.8, 4) is 0 Å². The number of benzene rings is 1. The van der Waals surface area contributed by atoms with Crippen LogP contribution in [0.3, 0.4) is 0 Å². The highest BCUT2D eigenvalue weighted by atomic mass is 16.3. The lowest BCUT2D eigenvalue weighted by Gasteiger charge is -2.51. The molecule has 1 aromatic heterocycles. The molecule has 122 valence electrons. The molecule has 0 spiro atoms. The normalized spacial score (nSPS) is 37.2. The number of aromatic nitrogens is 1. The van der Waals surface area contributed by atoms with E-state index in [4.69, 9.17) is 0 Å². The number of nitrogens with zero attached hydrogens (tertiary/aromatic N) is 1.